The molecule has 12 heteroatoms. The molecule has 0 unspecified atom stereocenters. The third kappa shape index (κ3) is 5.99. The van der Waals surface area contributed by atoms with E-state index >= 15 is 0 Å². The highest BCUT2D eigenvalue weighted by Crippen LogP contribution is 2.41. The van der Waals surface area contributed by atoms with Gasteiger partial charge in [0.15, 0.2) is 0 Å². The largest absolute Gasteiger partial charge is 0.412 e. The predicted molar refractivity (Wildman–Crippen MR) is 153 cm³/mol. The van der Waals surface area contributed by atoms with Crippen LogP contribution in [0.1, 0.15) is 54.4 Å². The van der Waals surface area contributed by atoms with E-state index in [1.807, 2.05) is 19.9 Å². The van der Waals surface area contributed by atoms with Gasteiger partial charge in [-0.3, -0.25) is 4.98 Å². The van der Waals surface area contributed by atoms with Crippen LogP contribution >= 0.6 is 11.6 Å². The standard InChI is InChI=1S/C30H24ClF4N7/c1-17(2)42-16-25(40-41-42)27(18-8-10-22(32)11-9-18)38-24-13-21(31)12-23-26(20(14-36)15-37-28(23)24)39-29(30(33,34)35)19-6-4-3-5-7-19/h3-13,15-17,27,29,38H,1-2H3,(H,37,39)/t27-,29-/m0/s1. The molecule has 0 aliphatic heterocycles. The molecule has 5 rings (SSSR count). The van der Waals surface area contributed by atoms with Crippen LogP contribution in [-0.4, -0.2) is 26.2 Å². The van der Waals surface area contributed by atoms with E-state index in [-0.39, 0.29) is 38.8 Å². The van der Waals surface area contributed by atoms with Crippen LogP contribution in [0, 0.1) is 17.1 Å². The van der Waals surface area contributed by atoms with Crippen molar-refractivity contribution in [3.8, 4) is 6.07 Å². The van der Waals surface area contributed by atoms with Crippen molar-refractivity contribution in [1.82, 2.24) is 20.0 Å². The second-order valence-electron chi connectivity index (χ2n) is 9.88. The average Bonchev–Trinajstić information content (AvgIpc) is 3.45. The first kappa shape index (κ1) is 28.8. The second kappa shape index (κ2) is 11.7. The van der Waals surface area contributed by atoms with Gasteiger partial charge in [0.2, 0.25) is 0 Å². The summed E-state index contributed by atoms with van der Waals surface area (Å²) in [5, 5.41) is 24.6. The lowest BCUT2D eigenvalue weighted by Crippen LogP contribution is -2.28. The molecule has 0 bridgehead atoms. The molecule has 3 aromatic carbocycles. The molecule has 2 N–H and O–H groups in total. The molecule has 0 radical (unpaired) electrons. The van der Waals surface area contributed by atoms with Crippen molar-refractivity contribution in [2.24, 2.45) is 0 Å². The van der Waals surface area contributed by atoms with Crippen molar-refractivity contribution in [1.29, 1.82) is 5.26 Å². The fourth-order valence-electron chi connectivity index (χ4n) is 4.58. The molecule has 0 aliphatic rings. The lowest BCUT2D eigenvalue weighted by Gasteiger charge is -2.25. The van der Waals surface area contributed by atoms with Crippen molar-refractivity contribution in [3.63, 3.8) is 0 Å². The Hall–Kier alpha value is -4.69. The number of halogens is 5. The quantitative estimate of drug-likeness (QED) is 0.177. The number of benzene rings is 3. The maximum Gasteiger partial charge on any atom is 0.412 e. The van der Waals surface area contributed by atoms with Gasteiger partial charge in [-0.1, -0.05) is 59.3 Å². The van der Waals surface area contributed by atoms with E-state index in [0.717, 1.165) is 0 Å². The van der Waals surface area contributed by atoms with Gasteiger partial charge in [0.1, 0.15) is 23.6 Å². The van der Waals surface area contributed by atoms with Crippen LogP contribution in [0.25, 0.3) is 10.9 Å². The van der Waals surface area contributed by atoms with Gasteiger partial charge in [0.25, 0.3) is 0 Å². The van der Waals surface area contributed by atoms with Crippen LogP contribution in [0.2, 0.25) is 5.02 Å². The Bertz CT molecular complexity index is 1750. The third-order valence-electron chi connectivity index (χ3n) is 6.66. The van der Waals surface area contributed by atoms with Crippen molar-refractivity contribution in [2.75, 3.05) is 10.6 Å². The summed E-state index contributed by atoms with van der Waals surface area (Å²) in [7, 11) is 0. The minimum absolute atomic E-state index is 0.0242. The van der Waals surface area contributed by atoms with Crippen LogP contribution in [0.3, 0.4) is 0 Å². The molecule has 2 heterocycles. The lowest BCUT2D eigenvalue weighted by molar-refractivity contribution is -0.143. The molecule has 2 aromatic heterocycles. The molecule has 0 saturated heterocycles. The number of hydrogen-bond donors (Lipinski definition) is 2. The summed E-state index contributed by atoms with van der Waals surface area (Å²) in [4.78, 5) is 4.42. The zero-order valence-electron chi connectivity index (χ0n) is 22.4. The number of anilines is 2. The molecule has 214 valence electrons. The summed E-state index contributed by atoms with van der Waals surface area (Å²) in [5.41, 5.74) is 1.60. The summed E-state index contributed by atoms with van der Waals surface area (Å²) in [6, 6.07) is 15.4. The van der Waals surface area contributed by atoms with Crippen molar-refractivity contribution in [2.45, 2.75) is 38.1 Å². The molecule has 2 atom stereocenters. The summed E-state index contributed by atoms with van der Waals surface area (Å²) in [6.45, 7) is 3.89. The van der Waals surface area contributed by atoms with Crippen LogP contribution in [0.5, 0.6) is 0 Å². The maximum atomic E-state index is 14.3. The first-order chi connectivity index (χ1) is 20.0. The van der Waals surface area contributed by atoms with E-state index in [1.54, 1.807) is 35.1 Å². The van der Waals surface area contributed by atoms with Crippen LogP contribution in [-0.2, 0) is 0 Å². The van der Waals surface area contributed by atoms with Crippen molar-refractivity contribution < 1.29 is 17.6 Å². The average molecular weight is 594 g/mol. The Morgan fingerprint density at radius 1 is 0.976 bits per heavy atom. The molecular weight excluding hydrogens is 570 g/mol. The number of hydrogen-bond acceptors (Lipinski definition) is 6. The van der Waals surface area contributed by atoms with Gasteiger partial charge in [-0.25, -0.2) is 9.07 Å². The molecule has 0 aliphatic carbocycles. The Morgan fingerprint density at radius 3 is 2.31 bits per heavy atom. The van der Waals surface area contributed by atoms with Gasteiger partial charge in [-0.05, 0) is 49.2 Å². The minimum Gasteiger partial charge on any atom is -0.371 e. The number of nitriles is 1. The molecule has 0 amide bonds. The fourth-order valence-corrected chi connectivity index (χ4v) is 4.79. The number of nitrogens with one attached hydrogen (secondary N) is 2. The fraction of sp³-hybridized carbons (Fsp3) is 0.200. The van der Waals surface area contributed by atoms with Crippen LogP contribution in [0.4, 0.5) is 28.9 Å². The van der Waals surface area contributed by atoms with E-state index in [9.17, 15) is 22.8 Å². The van der Waals surface area contributed by atoms with Gasteiger partial charge in [0, 0.05) is 22.6 Å². The zero-order chi connectivity index (χ0) is 30.0. The van der Waals surface area contributed by atoms with E-state index in [2.05, 4.69) is 25.9 Å². The van der Waals surface area contributed by atoms with Gasteiger partial charge in [0.05, 0.1) is 34.7 Å². The Kier molecular flexibility index (Phi) is 8.00. The molecule has 5 aromatic rings. The Balaban J connectivity index is 1.65. The molecule has 0 spiro atoms. The van der Waals surface area contributed by atoms with E-state index in [4.69, 9.17) is 11.6 Å². The predicted octanol–water partition coefficient (Wildman–Crippen LogP) is 7.99. The van der Waals surface area contributed by atoms with Crippen LogP contribution < -0.4 is 10.6 Å². The Morgan fingerprint density at radius 2 is 1.69 bits per heavy atom. The number of fused-ring (bicyclic) bond motifs is 1. The first-order valence-corrected chi connectivity index (χ1v) is 13.3. The number of nitrogens with zero attached hydrogens (tertiary/aromatic N) is 5. The SMILES string of the molecule is CC(C)n1cc([C@@H](Nc2cc(Cl)cc3c(N[C@@H](c4ccccc4)C(F)(F)F)c(C#N)cnc23)c2ccc(F)cc2)nn1. The van der Waals surface area contributed by atoms with E-state index in [0.29, 0.717) is 16.9 Å². The van der Waals surface area contributed by atoms with Crippen molar-refractivity contribution >= 4 is 33.9 Å². The highest BCUT2D eigenvalue weighted by molar-refractivity contribution is 6.32. The molecule has 42 heavy (non-hydrogen) atoms. The summed E-state index contributed by atoms with van der Waals surface area (Å²) < 4.78 is 58.3. The topological polar surface area (TPSA) is 91.5 Å². The normalized spacial score (nSPS) is 13.1. The Labute approximate surface area is 243 Å². The first-order valence-electron chi connectivity index (χ1n) is 12.9. The zero-order valence-corrected chi connectivity index (χ0v) is 23.1. The monoisotopic (exact) mass is 593 g/mol. The van der Waals surface area contributed by atoms with Gasteiger partial charge in [-0.2, -0.15) is 18.4 Å². The number of pyridine rings is 1. The van der Waals surface area contributed by atoms with Gasteiger partial charge >= 0.3 is 6.18 Å². The second-order valence-corrected chi connectivity index (χ2v) is 10.3. The highest BCUT2D eigenvalue weighted by Gasteiger charge is 2.41. The minimum atomic E-state index is -4.68. The molecule has 7 nitrogen and oxygen atoms in total. The summed E-state index contributed by atoms with van der Waals surface area (Å²) in [6.07, 6.45) is -1.72. The van der Waals surface area contributed by atoms with Gasteiger partial charge < -0.3 is 10.6 Å². The highest BCUT2D eigenvalue weighted by atomic mass is 35.5. The van der Waals surface area contributed by atoms with Crippen LogP contribution in [0.15, 0.2) is 79.1 Å². The maximum absolute atomic E-state index is 14.3. The van der Waals surface area contributed by atoms with E-state index in [1.165, 1.54) is 48.7 Å². The van der Waals surface area contributed by atoms with Gasteiger partial charge in [-0.15, -0.1) is 5.10 Å². The number of alkyl halides is 3. The smallest absolute Gasteiger partial charge is 0.371 e. The lowest BCUT2D eigenvalue weighted by atomic mass is 10.0. The summed E-state index contributed by atoms with van der Waals surface area (Å²) in [5.74, 6) is -0.421. The molecule has 0 fully saturated rings. The van der Waals surface area contributed by atoms with E-state index < -0.39 is 24.1 Å². The number of aromatic nitrogens is 4. The van der Waals surface area contributed by atoms with Crippen molar-refractivity contribution in [3.05, 3.63) is 112 Å². The third-order valence-corrected chi connectivity index (χ3v) is 6.88. The molecule has 0 saturated carbocycles. The summed E-state index contributed by atoms with van der Waals surface area (Å²) >= 11 is 6.49. The number of rotatable bonds is 8. The molecular formula is C30H24ClF4N7.